The van der Waals surface area contributed by atoms with Crippen molar-refractivity contribution in [1.82, 2.24) is 10.6 Å². The number of rotatable bonds is 22. The van der Waals surface area contributed by atoms with Crippen LogP contribution in [-0.4, -0.2) is 84.6 Å². The zero-order chi connectivity index (χ0) is 42.2. The summed E-state index contributed by atoms with van der Waals surface area (Å²) >= 11 is 0. The zero-order valence-corrected chi connectivity index (χ0v) is 32.5. The summed E-state index contributed by atoms with van der Waals surface area (Å²) in [5, 5.41) is 49.8. The minimum Gasteiger partial charge on any atom is -0.506 e. The number of carbonyl (C=O) groups excluding carboxylic acids is 4. The van der Waals surface area contributed by atoms with Crippen LogP contribution in [0.3, 0.4) is 0 Å². The second-order valence-corrected chi connectivity index (χ2v) is 13.3. The number of phenols is 2. The van der Waals surface area contributed by atoms with Crippen LogP contribution in [0.5, 0.6) is 23.0 Å². The van der Waals surface area contributed by atoms with Crippen LogP contribution in [0.15, 0.2) is 97.1 Å². The number of hydrogen-bond donors (Lipinski definition) is 6. The minimum atomic E-state index is -1.25. The Morgan fingerprint density at radius 1 is 0.621 bits per heavy atom. The van der Waals surface area contributed by atoms with E-state index in [-0.39, 0.29) is 49.4 Å². The molecule has 2 amide bonds. The molecule has 6 N–H and O–H groups in total. The average Bonchev–Trinajstić information content (AvgIpc) is 3.23. The quantitative estimate of drug-likeness (QED) is 0.0380. The molecule has 0 aliphatic carbocycles. The molecule has 0 aliphatic rings. The first kappa shape index (κ1) is 44.3. The fraction of sp³-hybridized carbons (Fsp3) is 0.286. The molecule has 0 aromatic heterocycles. The number of methoxy groups -OCH3 is 2. The zero-order valence-electron chi connectivity index (χ0n) is 32.5. The predicted octanol–water partition coefficient (Wildman–Crippen LogP) is 3.72. The topological polar surface area (TPSA) is 217 Å². The minimum absolute atomic E-state index is 0.0216. The van der Waals surface area contributed by atoms with Crippen LogP contribution in [0, 0.1) is 0 Å². The average molecular weight is 801 g/mol. The van der Waals surface area contributed by atoms with Gasteiger partial charge in [-0.2, -0.15) is 0 Å². The number of nitrogens with one attached hydrogen (secondary N) is 2. The number of hydroxylamine groups is 2. The third kappa shape index (κ3) is 13.1. The maximum Gasteiger partial charge on any atom is 0.356 e. The molecule has 0 unspecified atom stereocenters. The van der Waals surface area contributed by atoms with E-state index in [1.54, 1.807) is 14.2 Å². The predicted molar refractivity (Wildman–Crippen MR) is 213 cm³/mol. The molecule has 4 rings (SSSR count). The Bertz CT molecular complexity index is 1870. The highest BCUT2D eigenvalue weighted by Gasteiger charge is 2.21. The van der Waals surface area contributed by atoms with Crippen molar-refractivity contribution in [2.24, 2.45) is 0 Å². The lowest BCUT2D eigenvalue weighted by Gasteiger charge is -2.21. The van der Waals surface area contributed by atoms with Gasteiger partial charge < -0.3 is 50.2 Å². The lowest BCUT2D eigenvalue weighted by molar-refractivity contribution is -0.144. The Morgan fingerprint density at radius 3 is 1.31 bits per heavy atom. The van der Waals surface area contributed by atoms with E-state index in [2.05, 4.69) is 10.6 Å². The summed E-state index contributed by atoms with van der Waals surface area (Å²) in [7, 11) is 3.18. The third-order valence-corrected chi connectivity index (χ3v) is 8.89. The highest BCUT2D eigenvalue weighted by atomic mass is 16.7. The monoisotopic (exact) mass is 800 g/mol. The van der Waals surface area contributed by atoms with Crippen LogP contribution >= 0.6 is 0 Å². The van der Waals surface area contributed by atoms with E-state index in [1.165, 1.54) is 36.4 Å². The first-order valence-corrected chi connectivity index (χ1v) is 18.2. The Labute approximate surface area is 335 Å². The van der Waals surface area contributed by atoms with Crippen LogP contribution < -0.4 is 30.2 Å². The first-order chi connectivity index (χ1) is 27.8. The number of amides is 2. The van der Waals surface area contributed by atoms with E-state index in [0.29, 0.717) is 46.2 Å². The number of hydrogen-bond acceptors (Lipinski definition) is 14. The van der Waals surface area contributed by atoms with E-state index in [1.807, 2.05) is 62.4 Å². The van der Waals surface area contributed by atoms with Crippen molar-refractivity contribution in [3.05, 3.63) is 119 Å². The summed E-state index contributed by atoms with van der Waals surface area (Å²) in [4.78, 5) is 59.0. The number of carbonyl (C=O) groups is 4. The molecule has 4 atom stereocenters. The fourth-order valence-corrected chi connectivity index (χ4v) is 5.73. The molecular formula is C42H48N4O12. The number of aliphatic hydroxyl groups excluding tert-OH is 2. The molecule has 4 aromatic carbocycles. The van der Waals surface area contributed by atoms with Gasteiger partial charge in [0.15, 0.2) is 0 Å². The summed E-state index contributed by atoms with van der Waals surface area (Å²) in [6, 6.07) is 23.0. The molecule has 16 heteroatoms. The fourth-order valence-electron chi connectivity index (χ4n) is 5.73. The number of phenolic OH excluding ortho intramolecular Hbond substituents is 2. The Morgan fingerprint density at radius 2 is 0.983 bits per heavy atom. The number of benzene rings is 4. The van der Waals surface area contributed by atoms with Gasteiger partial charge in [-0.1, -0.05) is 36.4 Å². The van der Waals surface area contributed by atoms with E-state index in [0.717, 1.165) is 22.6 Å². The molecule has 0 spiro atoms. The summed E-state index contributed by atoms with van der Waals surface area (Å²) in [6.45, 7) is 4.15. The van der Waals surface area contributed by atoms with Crippen molar-refractivity contribution < 1.29 is 58.8 Å². The summed E-state index contributed by atoms with van der Waals surface area (Å²) in [5.74, 6) is -1.91. The first-order valence-electron chi connectivity index (χ1n) is 18.2. The van der Waals surface area contributed by atoms with Crippen LogP contribution in [-0.2, 0) is 41.7 Å². The smallest absolute Gasteiger partial charge is 0.356 e. The SMILES string of the molecule is COc1ccc(C[C@@H](C)NC[C@H](O)c2ccc(O)c(N(C=O)OC(=O)/C=C/C(=O)ON(C=O)c3cc([C@@H](O)CN[C@H](C)Cc4ccc(OC)cc4)ccc3O)c2)cc1. The van der Waals surface area contributed by atoms with E-state index in [4.69, 9.17) is 19.1 Å². The van der Waals surface area contributed by atoms with Crippen LogP contribution in [0.1, 0.15) is 48.3 Å². The molecule has 58 heavy (non-hydrogen) atoms. The van der Waals surface area contributed by atoms with Crippen molar-refractivity contribution >= 4 is 36.1 Å². The lowest BCUT2D eigenvalue weighted by atomic mass is 10.1. The maximum absolute atomic E-state index is 12.6. The van der Waals surface area contributed by atoms with Gasteiger partial charge in [0.05, 0.1) is 26.4 Å². The molecule has 0 heterocycles. The van der Waals surface area contributed by atoms with Crippen LogP contribution in [0.4, 0.5) is 11.4 Å². The number of aromatic hydroxyl groups is 2. The standard InChI is InChI=1S/C42H48N4O12/c1-27(19-29-5-11-33(55-3)12-6-29)43-23-39(51)31-9-15-37(49)35(21-31)45(25-47)57-41(53)17-18-42(54)58-46(26-48)36-22-32(10-16-38(36)50)40(52)24-44-28(2)20-30-7-13-34(56-4)14-8-30/h5-18,21-22,25-28,39-40,43-44,49-52H,19-20,23-24H2,1-4H3/b18-17+/t27-,28-,39+,40+/m1/s1. The highest BCUT2D eigenvalue weighted by molar-refractivity contribution is 5.94. The van der Waals surface area contributed by atoms with Gasteiger partial charge in [0.1, 0.15) is 34.4 Å². The Kier molecular flexibility index (Phi) is 16.6. The Balaban J connectivity index is 1.30. The van der Waals surface area contributed by atoms with Crippen molar-refractivity contribution in [2.45, 2.75) is 51.0 Å². The highest BCUT2D eigenvalue weighted by Crippen LogP contribution is 2.32. The van der Waals surface area contributed by atoms with Crippen molar-refractivity contribution in [2.75, 3.05) is 37.4 Å². The molecule has 0 fully saturated rings. The van der Waals surface area contributed by atoms with Gasteiger partial charge in [-0.05, 0) is 97.5 Å². The molecule has 0 bridgehead atoms. The number of anilines is 2. The van der Waals surface area contributed by atoms with Crippen molar-refractivity contribution in [1.29, 1.82) is 0 Å². The summed E-state index contributed by atoms with van der Waals surface area (Å²) in [6.07, 6.45) is 0.597. The van der Waals surface area contributed by atoms with E-state index in [9.17, 15) is 39.6 Å². The molecular weight excluding hydrogens is 752 g/mol. The number of nitrogens with zero attached hydrogens (tertiary/aromatic N) is 2. The molecule has 16 nitrogen and oxygen atoms in total. The van der Waals surface area contributed by atoms with Gasteiger partial charge in [-0.15, -0.1) is 10.1 Å². The summed E-state index contributed by atoms with van der Waals surface area (Å²) < 4.78 is 10.4. The lowest BCUT2D eigenvalue weighted by Crippen LogP contribution is -2.32. The Hall–Kier alpha value is -6.46. The number of ether oxygens (including phenoxy) is 2. The molecule has 0 aliphatic heterocycles. The molecule has 308 valence electrons. The van der Waals surface area contributed by atoms with Crippen molar-refractivity contribution in [3.8, 4) is 23.0 Å². The van der Waals surface area contributed by atoms with Gasteiger partial charge in [-0.3, -0.25) is 9.59 Å². The molecule has 0 radical (unpaired) electrons. The second-order valence-electron chi connectivity index (χ2n) is 13.3. The third-order valence-electron chi connectivity index (χ3n) is 8.89. The van der Waals surface area contributed by atoms with Gasteiger partial charge in [-0.25, -0.2) is 9.59 Å². The largest absolute Gasteiger partial charge is 0.506 e. The molecule has 0 saturated heterocycles. The van der Waals surface area contributed by atoms with Crippen LogP contribution in [0.25, 0.3) is 0 Å². The van der Waals surface area contributed by atoms with E-state index >= 15 is 0 Å². The van der Waals surface area contributed by atoms with Gasteiger partial charge in [0, 0.05) is 37.3 Å². The van der Waals surface area contributed by atoms with E-state index < -0.39 is 35.6 Å². The van der Waals surface area contributed by atoms with Crippen LogP contribution in [0.2, 0.25) is 0 Å². The number of aliphatic hydroxyl groups is 2. The van der Waals surface area contributed by atoms with Gasteiger partial charge in [0.2, 0.25) is 12.8 Å². The normalized spacial score (nSPS) is 13.1. The summed E-state index contributed by atoms with van der Waals surface area (Å²) in [5.41, 5.74) is 2.17. The molecule has 0 saturated carbocycles. The second kappa shape index (κ2) is 21.7. The maximum atomic E-state index is 12.6. The van der Waals surface area contributed by atoms with Gasteiger partial charge >= 0.3 is 11.9 Å². The molecule has 4 aromatic rings. The van der Waals surface area contributed by atoms with Crippen molar-refractivity contribution in [3.63, 3.8) is 0 Å². The van der Waals surface area contributed by atoms with Gasteiger partial charge in [0.25, 0.3) is 0 Å².